The summed E-state index contributed by atoms with van der Waals surface area (Å²) >= 11 is 0. The molecule has 2 rings (SSSR count). The molecule has 0 aromatic heterocycles. The molecule has 0 spiro atoms. The molecule has 2 atom stereocenters. The van der Waals surface area contributed by atoms with E-state index in [-0.39, 0.29) is 0 Å². The highest BCUT2D eigenvalue weighted by Gasteiger charge is 2.28. The van der Waals surface area contributed by atoms with Crippen LogP contribution in [0.15, 0.2) is 0 Å². The monoisotopic (exact) mass is 263 g/mol. The van der Waals surface area contributed by atoms with Gasteiger partial charge in [-0.3, -0.25) is 4.90 Å². The van der Waals surface area contributed by atoms with E-state index in [1.54, 1.807) is 0 Å². The molecule has 1 aliphatic heterocycles. The summed E-state index contributed by atoms with van der Waals surface area (Å²) in [6.07, 6.45) is 10.8. The van der Waals surface area contributed by atoms with Gasteiger partial charge in [-0.15, -0.1) is 0 Å². The van der Waals surface area contributed by atoms with Gasteiger partial charge in [-0.05, 0) is 31.6 Å². The van der Waals surface area contributed by atoms with Crippen LogP contribution in [0.25, 0.3) is 0 Å². The first-order valence-electron chi connectivity index (χ1n) is 8.17. The Labute approximate surface area is 118 Å². The number of hydrogen-bond donors (Lipinski definition) is 1. The molecule has 0 aromatic carbocycles. The number of unbranched alkanes of at least 4 members (excludes halogenated alkanes) is 1. The molecule has 108 valence electrons. The topological polar surface area (TPSA) is 39.1 Å². The lowest BCUT2D eigenvalue weighted by Gasteiger charge is -2.38. The van der Waals surface area contributed by atoms with Gasteiger partial charge in [-0.1, -0.05) is 32.6 Å². The maximum absolute atomic E-state index is 8.94. The molecule has 2 unspecified atom stereocenters. The van der Waals surface area contributed by atoms with E-state index >= 15 is 0 Å². The van der Waals surface area contributed by atoms with Crippen molar-refractivity contribution >= 4 is 0 Å². The molecule has 1 aliphatic carbocycles. The van der Waals surface area contributed by atoms with Crippen molar-refractivity contribution in [2.24, 2.45) is 5.92 Å². The summed E-state index contributed by atoms with van der Waals surface area (Å²) < 4.78 is 0. The maximum atomic E-state index is 8.94. The summed E-state index contributed by atoms with van der Waals surface area (Å²) in [6, 6.07) is 3.69. The Balaban J connectivity index is 1.83. The lowest BCUT2D eigenvalue weighted by atomic mass is 9.89. The van der Waals surface area contributed by atoms with Crippen molar-refractivity contribution in [3.05, 3.63) is 0 Å². The van der Waals surface area contributed by atoms with Gasteiger partial charge in [0.1, 0.15) is 0 Å². The molecular weight excluding hydrogens is 234 g/mol. The first-order chi connectivity index (χ1) is 9.31. The normalized spacial score (nSPS) is 29.5. The smallest absolute Gasteiger partial charge is 0.0866 e. The zero-order chi connectivity index (χ0) is 13.5. The lowest BCUT2D eigenvalue weighted by molar-refractivity contribution is 0.142. The molecule has 2 fully saturated rings. The summed E-state index contributed by atoms with van der Waals surface area (Å²) in [5, 5.41) is 12.8. The SMILES string of the molecule is CCCCC1CC(NC2CCCC2)CN(CC#N)C1. The number of nitriles is 1. The first kappa shape index (κ1) is 14.8. The number of rotatable bonds is 6. The Bertz CT molecular complexity index is 291. The Morgan fingerprint density at radius 3 is 2.68 bits per heavy atom. The minimum absolute atomic E-state index is 0.603. The molecule has 3 heteroatoms. The van der Waals surface area contributed by atoms with Crippen LogP contribution in [0.2, 0.25) is 0 Å². The van der Waals surface area contributed by atoms with Gasteiger partial charge in [0.25, 0.3) is 0 Å². The molecule has 1 saturated carbocycles. The van der Waals surface area contributed by atoms with Crippen LogP contribution in [0.3, 0.4) is 0 Å². The highest BCUT2D eigenvalue weighted by molar-refractivity contribution is 4.90. The average Bonchev–Trinajstić information content (AvgIpc) is 2.89. The van der Waals surface area contributed by atoms with Crippen LogP contribution < -0.4 is 5.32 Å². The van der Waals surface area contributed by atoms with Crippen molar-refractivity contribution < 1.29 is 0 Å². The fourth-order valence-electron chi connectivity index (χ4n) is 3.78. The van der Waals surface area contributed by atoms with E-state index in [2.05, 4.69) is 23.2 Å². The molecule has 0 bridgehead atoms. The fourth-order valence-corrected chi connectivity index (χ4v) is 3.78. The van der Waals surface area contributed by atoms with Crippen molar-refractivity contribution in [1.29, 1.82) is 5.26 Å². The molecule has 2 aliphatic rings. The Kier molecular flexibility index (Phi) is 6.13. The van der Waals surface area contributed by atoms with Gasteiger partial charge < -0.3 is 5.32 Å². The number of nitrogens with one attached hydrogen (secondary N) is 1. The molecule has 1 heterocycles. The van der Waals surface area contributed by atoms with Gasteiger partial charge in [0.05, 0.1) is 12.6 Å². The van der Waals surface area contributed by atoms with Crippen LogP contribution in [0.1, 0.15) is 58.3 Å². The van der Waals surface area contributed by atoms with Crippen LogP contribution in [0.4, 0.5) is 0 Å². The Morgan fingerprint density at radius 1 is 1.21 bits per heavy atom. The fraction of sp³-hybridized carbons (Fsp3) is 0.938. The van der Waals surface area contributed by atoms with Gasteiger partial charge in [0, 0.05) is 25.2 Å². The van der Waals surface area contributed by atoms with Gasteiger partial charge in [-0.2, -0.15) is 5.26 Å². The van der Waals surface area contributed by atoms with Crippen molar-refractivity contribution in [1.82, 2.24) is 10.2 Å². The summed E-state index contributed by atoms with van der Waals surface area (Å²) in [5.74, 6) is 0.793. The van der Waals surface area contributed by atoms with E-state index < -0.39 is 0 Å². The second-order valence-corrected chi connectivity index (χ2v) is 6.44. The largest absolute Gasteiger partial charge is 0.310 e. The van der Waals surface area contributed by atoms with Crippen molar-refractivity contribution in [2.75, 3.05) is 19.6 Å². The number of piperidine rings is 1. The molecule has 1 N–H and O–H groups in total. The molecule has 1 saturated heterocycles. The van der Waals surface area contributed by atoms with E-state index in [9.17, 15) is 0 Å². The molecule has 0 radical (unpaired) electrons. The predicted molar refractivity (Wildman–Crippen MR) is 78.9 cm³/mol. The third-order valence-electron chi connectivity index (χ3n) is 4.70. The van der Waals surface area contributed by atoms with Crippen LogP contribution in [-0.2, 0) is 0 Å². The second-order valence-electron chi connectivity index (χ2n) is 6.44. The zero-order valence-electron chi connectivity index (χ0n) is 12.4. The van der Waals surface area contributed by atoms with Crippen molar-refractivity contribution in [2.45, 2.75) is 70.4 Å². The second kappa shape index (κ2) is 7.87. The van der Waals surface area contributed by atoms with Crippen LogP contribution in [-0.4, -0.2) is 36.6 Å². The van der Waals surface area contributed by atoms with Crippen molar-refractivity contribution in [3.63, 3.8) is 0 Å². The molecular formula is C16H29N3. The third kappa shape index (κ3) is 4.78. The summed E-state index contributed by atoms with van der Waals surface area (Å²) in [4.78, 5) is 2.36. The highest BCUT2D eigenvalue weighted by Crippen LogP contribution is 2.24. The van der Waals surface area contributed by atoms with Gasteiger partial charge >= 0.3 is 0 Å². The van der Waals surface area contributed by atoms with E-state index in [1.165, 1.54) is 51.4 Å². The maximum Gasteiger partial charge on any atom is 0.0866 e. The van der Waals surface area contributed by atoms with Gasteiger partial charge in [0.15, 0.2) is 0 Å². The minimum Gasteiger partial charge on any atom is -0.310 e. The van der Waals surface area contributed by atoms with Crippen LogP contribution >= 0.6 is 0 Å². The number of hydrogen-bond acceptors (Lipinski definition) is 3. The first-order valence-corrected chi connectivity index (χ1v) is 8.17. The molecule has 0 aromatic rings. The molecule has 19 heavy (non-hydrogen) atoms. The minimum atomic E-state index is 0.603. The molecule has 0 amide bonds. The van der Waals surface area contributed by atoms with E-state index in [0.29, 0.717) is 12.6 Å². The van der Waals surface area contributed by atoms with Crippen LogP contribution in [0, 0.1) is 17.2 Å². The number of nitrogens with zero attached hydrogens (tertiary/aromatic N) is 2. The van der Waals surface area contributed by atoms with Gasteiger partial charge in [-0.25, -0.2) is 0 Å². The van der Waals surface area contributed by atoms with Crippen molar-refractivity contribution in [3.8, 4) is 6.07 Å². The third-order valence-corrected chi connectivity index (χ3v) is 4.70. The molecule has 3 nitrogen and oxygen atoms in total. The summed E-state index contributed by atoms with van der Waals surface area (Å²) in [6.45, 7) is 5.08. The van der Waals surface area contributed by atoms with E-state index in [1.807, 2.05) is 0 Å². The van der Waals surface area contributed by atoms with E-state index in [4.69, 9.17) is 5.26 Å². The van der Waals surface area contributed by atoms with E-state index in [0.717, 1.165) is 25.0 Å². The van der Waals surface area contributed by atoms with Gasteiger partial charge in [0.2, 0.25) is 0 Å². The quantitative estimate of drug-likeness (QED) is 0.749. The summed E-state index contributed by atoms with van der Waals surface area (Å²) in [7, 11) is 0. The predicted octanol–water partition coefficient (Wildman–Crippen LogP) is 2.92. The van der Waals surface area contributed by atoms with Crippen LogP contribution in [0.5, 0.6) is 0 Å². The standard InChI is InChI=1S/C16H29N3/c1-2-3-6-14-11-16(13-19(12-14)10-9-17)18-15-7-4-5-8-15/h14-16,18H,2-8,10-13H2,1H3. The number of likely N-dealkylation sites (tertiary alicyclic amines) is 1. The highest BCUT2D eigenvalue weighted by atomic mass is 15.2. The Morgan fingerprint density at radius 2 is 2.00 bits per heavy atom. The average molecular weight is 263 g/mol. The lowest BCUT2D eigenvalue weighted by Crippen LogP contribution is -2.51. The Hall–Kier alpha value is -0.590. The zero-order valence-corrected chi connectivity index (χ0v) is 12.4. The summed E-state index contributed by atoms with van der Waals surface area (Å²) in [5.41, 5.74) is 0.